The monoisotopic (exact) mass is 689 g/mol. The molecule has 1 heteroatoms. The summed E-state index contributed by atoms with van der Waals surface area (Å²) in [6, 6.07) is 73.3. The number of hydrogen-bond donors (Lipinski definition) is 0. The molecule has 1 aliphatic rings. The lowest BCUT2D eigenvalue weighted by molar-refractivity contribution is 0.660. The van der Waals surface area contributed by atoms with Gasteiger partial charge >= 0.3 is 0 Å². The van der Waals surface area contributed by atoms with Gasteiger partial charge in [0.1, 0.15) is 0 Å². The van der Waals surface area contributed by atoms with E-state index in [-0.39, 0.29) is 5.41 Å². The van der Waals surface area contributed by atoms with Crippen LogP contribution in [0.15, 0.2) is 200 Å². The first-order valence-corrected chi connectivity index (χ1v) is 18.9. The number of anilines is 3. The Balaban J connectivity index is 1.18. The molecular formula is C53H39N. The maximum atomic E-state index is 2.45. The minimum Gasteiger partial charge on any atom is -0.310 e. The van der Waals surface area contributed by atoms with Crippen molar-refractivity contribution < 1.29 is 0 Å². The summed E-state index contributed by atoms with van der Waals surface area (Å²) in [5.74, 6) is 0. The minimum atomic E-state index is -0.192. The molecule has 0 N–H and O–H groups in total. The second-order valence-electron chi connectivity index (χ2n) is 14.9. The van der Waals surface area contributed by atoms with Gasteiger partial charge in [0.15, 0.2) is 0 Å². The van der Waals surface area contributed by atoms with Crippen LogP contribution in [0, 0.1) is 0 Å². The van der Waals surface area contributed by atoms with E-state index in [0.717, 1.165) is 17.1 Å². The molecule has 0 spiro atoms. The van der Waals surface area contributed by atoms with Crippen molar-refractivity contribution in [3.8, 4) is 44.5 Å². The van der Waals surface area contributed by atoms with Crippen LogP contribution in [0.5, 0.6) is 0 Å². The first-order chi connectivity index (χ1) is 26.6. The summed E-state index contributed by atoms with van der Waals surface area (Å²) < 4.78 is 0. The Hall–Kier alpha value is -6.70. The van der Waals surface area contributed by atoms with E-state index in [2.05, 4.69) is 219 Å². The van der Waals surface area contributed by atoms with E-state index in [0.29, 0.717) is 0 Å². The molecule has 0 aromatic heterocycles. The van der Waals surface area contributed by atoms with Crippen LogP contribution in [-0.2, 0) is 5.41 Å². The zero-order chi connectivity index (χ0) is 36.2. The summed E-state index contributed by atoms with van der Waals surface area (Å²) in [5, 5.41) is 5.04. The largest absolute Gasteiger partial charge is 0.310 e. The SMILES string of the molecule is CC1(C)c2cc(N(c3ccccc3)c3ccccc3-c3ccc4ccccc4c3-c3ccccc3)ccc2-c2c(-c3cccc4ccccc34)cccc21. The highest BCUT2D eigenvalue weighted by atomic mass is 15.1. The van der Waals surface area contributed by atoms with Crippen molar-refractivity contribution >= 4 is 38.6 Å². The number of hydrogen-bond acceptors (Lipinski definition) is 1. The molecule has 0 saturated carbocycles. The third kappa shape index (κ3) is 5.08. The van der Waals surface area contributed by atoms with Gasteiger partial charge in [-0.1, -0.05) is 184 Å². The van der Waals surface area contributed by atoms with Crippen molar-refractivity contribution in [3.05, 3.63) is 211 Å². The summed E-state index contributed by atoms with van der Waals surface area (Å²) in [5.41, 5.74) is 16.0. The molecule has 0 heterocycles. The Morgan fingerprint density at radius 2 is 0.926 bits per heavy atom. The average Bonchev–Trinajstić information content (AvgIpc) is 3.46. The number of benzene rings is 9. The standard InChI is InChI=1S/C53H39N/c1-53(2)48-29-16-28-45(43-27-15-21-36-17-9-11-24-41(36)43)52(48)47-34-32-40(35-49(47)53)54(39-22-7-4-8-23-39)50-30-14-13-26-44(50)46-33-31-37-18-10-12-25-42(37)51(46)38-19-5-3-6-20-38/h3-35H,1-2H3. The highest BCUT2D eigenvalue weighted by molar-refractivity contribution is 6.07. The lowest BCUT2D eigenvalue weighted by atomic mass is 9.81. The maximum absolute atomic E-state index is 2.45. The third-order valence-corrected chi connectivity index (χ3v) is 11.5. The maximum Gasteiger partial charge on any atom is 0.0540 e. The molecule has 9 aromatic carbocycles. The number of para-hydroxylation sites is 2. The van der Waals surface area contributed by atoms with Gasteiger partial charge in [-0.15, -0.1) is 0 Å². The highest BCUT2D eigenvalue weighted by Gasteiger charge is 2.38. The highest BCUT2D eigenvalue weighted by Crippen LogP contribution is 2.55. The second kappa shape index (κ2) is 12.8. The summed E-state index contributed by atoms with van der Waals surface area (Å²) in [6.07, 6.45) is 0. The van der Waals surface area contributed by atoms with Crippen LogP contribution >= 0.6 is 0 Å². The first-order valence-electron chi connectivity index (χ1n) is 18.9. The normalized spacial score (nSPS) is 12.8. The number of nitrogens with zero attached hydrogens (tertiary/aromatic N) is 1. The summed E-state index contributed by atoms with van der Waals surface area (Å²) in [4.78, 5) is 2.45. The molecular weight excluding hydrogens is 651 g/mol. The van der Waals surface area contributed by atoms with Crippen molar-refractivity contribution in [3.63, 3.8) is 0 Å². The Morgan fingerprint density at radius 3 is 1.74 bits per heavy atom. The molecule has 1 nitrogen and oxygen atoms in total. The third-order valence-electron chi connectivity index (χ3n) is 11.5. The Kier molecular flexibility index (Phi) is 7.56. The predicted octanol–water partition coefficient (Wildman–Crippen LogP) is 14.8. The van der Waals surface area contributed by atoms with Gasteiger partial charge < -0.3 is 4.90 Å². The average molecular weight is 690 g/mol. The molecule has 0 unspecified atom stereocenters. The van der Waals surface area contributed by atoms with Crippen LogP contribution in [0.25, 0.3) is 66.1 Å². The van der Waals surface area contributed by atoms with E-state index in [4.69, 9.17) is 0 Å². The number of rotatable bonds is 6. The Labute approximate surface area is 317 Å². The van der Waals surface area contributed by atoms with Crippen molar-refractivity contribution in [1.29, 1.82) is 0 Å². The molecule has 9 aromatic rings. The van der Waals surface area contributed by atoms with Gasteiger partial charge in [-0.25, -0.2) is 0 Å². The minimum absolute atomic E-state index is 0.192. The fraction of sp³-hybridized carbons (Fsp3) is 0.0566. The van der Waals surface area contributed by atoms with Crippen LogP contribution in [0.2, 0.25) is 0 Å². The van der Waals surface area contributed by atoms with E-state index in [1.807, 2.05) is 0 Å². The van der Waals surface area contributed by atoms with Gasteiger partial charge in [0.2, 0.25) is 0 Å². The van der Waals surface area contributed by atoms with E-state index in [1.54, 1.807) is 0 Å². The molecule has 256 valence electrons. The quantitative estimate of drug-likeness (QED) is 0.168. The van der Waals surface area contributed by atoms with Crippen LogP contribution < -0.4 is 4.90 Å². The lowest BCUT2D eigenvalue weighted by Crippen LogP contribution is -2.17. The van der Waals surface area contributed by atoms with Crippen molar-refractivity contribution in [2.75, 3.05) is 4.90 Å². The molecule has 10 rings (SSSR count). The van der Waals surface area contributed by atoms with E-state index in [1.165, 1.54) is 77.2 Å². The van der Waals surface area contributed by atoms with Crippen LogP contribution in [-0.4, -0.2) is 0 Å². The molecule has 0 saturated heterocycles. The zero-order valence-electron chi connectivity index (χ0n) is 30.5. The number of fused-ring (bicyclic) bond motifs is 5. The van der Waals surface area contributed by atoms with E-state index < -0.39 is 0 Å². The van der Waals surface area contributed by atoms with Gasteiger partial charge in [-0.3, -0.25) is 0 Å². The lowest BCUT2D eigenvalue weighted by Gasteiger charge is -2.30. The van der Waals surface area contributed by atoms with Gasteiger partial charge in [0.05, 0.1) is 5.69 Å². The summed E-state index contributed by atoms with van der Waals surface area (Å²) in [7, 11) is 0. The first kappa shape index (κ1) is 32.0. The Morgan fingerprint density at radius 1 is 0.352 bits per heavy atom. The second-order valence-corrected chi connectivity index (χ2v) is 14.9. The molecule has 0 bridgehead atoms. The van der Waals surface area contributed by atoms with Crippen molar-refractivity contribution in [2.45, 2.75) is 19.3 Å². The van der Waals surface area contributed by atoms with Crippen LogP contribution in [0.3, 0.4) is 0 Å². The van der Waals surface area contributed by atoms with Crippen LogP contribution in [0.1, 0.15) is 25.0 Å². The molecule has 54 heavy (non-hydrogen) atoms. The summed E-state index contributed by atoms with van der Waals surface area (Å²) >= 11 is 0. The van der Waals surface area contributed by atoms with Gasteiger partial charge in [0.25, 0.3) is 0 Å². The van der Waals surface area contributed by atoms with Gasteiger partial charge in [-0.2, -0.15) is 0 Å². The molecule has 0 fully saturated rings. The molecule has 0 radical (unpaired) electrons. The smallest absolute Gasteiger partial charge is 0.0540 e. The molecule has 0 atom stereocenters. The van der Waals surface area contributed by atoms with Crippen LogP contribution in [0.4, 0.5) is 17.1 Å². The molecule has 0 aliphatic heterocycles. The fourth-order valence-electron chi connectivity index (χ4n) is 8.91. The van der Waals surface area contributed by atoms with Crippen molar-refractivity contribution in [2.24, 2.45) is 0 Å². The Bertz CT molecular complexity index is 2840. The molecule has 0 amide bonds. The van der Waals surface area contributed by atoms with E-state index in [9.17, 15) is 0 Å². The fourth-order valence-corrected chi connectivity index (χ4v) is 8.91. The summed E-state index contributed by atoms with van der Waals surface area (Å²) in [6.45, 7) is 4.77. The molecule has 1 aliphatic carbocycles. The van der Waals surface area contributed by atoms with Gasteiger partial charge in [-0.05, 0) is 102 Å². The van der Waals surface area contributed by atoms with E-state index >= 15 is 0 Å². The predicted molar refractivity (Wildman–Crippen MR) is 230 cm³/mol. The van der Waals surface area contributed by atoms with Crippen molar-refractivity contribution in [1.82, 2.24) is 0 Å². The topological polar surface area (TPSA) is 3.24 Å². The van der Waals surface area contributed by atoms with Gasteiger partial charge in [0, 0.05) is 22.4 Å². The zero-order valence-corrected chi connectivity index (χ0v) is 30.5.